The molecular weight excluding hydrogens is 260 g/mol. The zero-order valence-electron chi connectivity index (χ0n) is 11.2. The molecule has 2 heterocycles. The second-order valence-electron chi connectivity index (χ2n) is 4.34. The van der Waals surface area contributed by atoms with Crippen LogP contribution in [0, 0.1) is 0 Å². The number of hydrogen-bond acceptors (Lipinski definition) is 5. The first-order chi connectivity index (χ1) is 9.13. The molecule has 100 valence electrons. The van der Waals surface area contributed by atoms with Crippen molar-refractivity contribution in [3.63, 3.8) is 0 Å². The van der Waals surface area contributed by atoms with Crippen molar-refractivity contribution in [1.29, 1.82) is 0 Å². The molecule has 0 aliphatic rings. The Morgan fingerprint density at radius 3 is 2.58 bits per heavy atom. The van der Waals surface area contributed by atoms with Gasteiger partial charge in [0.1, 0.15) is 5.01 Å². The minimum Gasteiger partial charge on any atom is -0.284 e. The minimum absolute atomic E-state index is 0.0624. The fourth-order valence-corrected chi connectivity index (χ4v) is 2.71. The Labute approximate surface area is 116 Å². The molecule has 2 aromatic rings. The van der Waals surface area contributed by atoms with Crippen molar-refractivity contribution in [2.24, 2.45) is 0 Å². The first-order valence-electron chi connectivity index (χ1n) is 6.19. The highest BCUT2D eigenvalue weighted by Gasteiger charge is 2.21. The van der Waals surface area contributed by atoms with Gasteiger partial charge in [0, 0.05) is 30.4 Å². The Morgan fingerprint density at radius 1 is 1.32 bits per heavy atom. The third-order valence-electron chi connectivity index (χ3n) is 2.64. The van der Waals surface area contributed by atoms with Gasteiger partial charge in [-0.05, 0) is 26.0 Å². The normalized spacial score (nSPS) is 10.7. The molecule has 0 radical (unpaired) electrons. The number of hydrogen-bond donors (Lipinski definition) is 0. The minimum atomic E-state index is 0.0624. The predicted molar refractivity (Wildman–Crippen MR) is 76.1 cm³/mol. The number of carbonyl (C=O) groups is 1. The highest BCUT2D eigenvalue weighted by atomic mass is 32.1. The van der Waals surface area contributed by atoms with E-state index in [1.165, 1.54) is 11.3 Å². The van der Waals surface area contributed by atoms with E-state index in [1.807, 2.05) is 32.9 Å². The van der Waals surface area contributed by atoms with Crippen LogP contribution in [0.2, 0.25) is 0 Å². The number of carbonyl (C=O) groups excluding carboxylic acids is 1. The van der Waals surface area contributed by atoms with Crippen LogP contribution in [0.15, 0.2) is 24.5 Å². The number of nitrogens with zero attached hydrogens (tertiary/aromatic N) is 4. The van der Waals surface area contributed by atoms with Gasteiger partial charge in [0.15, 0.2) is 0 Å². The largest absolute Gasteiger partial charge is 0.284 e. The van der Waals surface area contributed by atoms with E-state index in [1.54, 1.807) is 17.3 Å². The van der Waals surface area contributed by atoms with Crippen molar-refractivity contribution in [3.05, 3.63) is 24.5 Å². The first-order valence-corrected chi connectivity index (χ1v) is 7.01. The summed E-state index contributed by atoms with van der Waals surface area (Å²) in [5.41, 5.74) is 0.964. The number of amides is 1. The van der Waals surface area contributed by atoms with Gasteiger partial charge in [0.05, 0.1) is 0 Å². The predicted octanol–water partition coefficient (Wildman–Crippen LogP) is 2.75. The number of anilines is 1. The van der Waals surface area contributed by atoms with Gasteiger partial charge >= 0.3 is 0 Å². The summed E-state index contributed by atoms with van der Waals surface area (Å²) in [7, 11) is 0. The molecule has 2 rings (SSSR count). The maximum atomic E-state index is 12.0. The Kier molecular flexibility index (Phi) is 4.21. The second-order valence-corrected chi connectivity index (χ2v) is 5.29. The Morgan fingerprint density at radius 2 is 2.00 bits per heavy atom. The van der Waals surface area contributed by atoms with Gasteiger partial charge < -0.3 is 0 Å². The van der Waals surface area contributed by atoms with Crippen LogP contribution < -0.4 is 4.90 Å². The molecule has 0 unspecified atom stereocenters. The van der Waals surface area contributed by atoms with Crippen LogP contribution in [0.25, 0.3) is 10.6 Å². The summed E-state index contributed by atoms with van der Waals surface area (Å²) in [6.45, 7) is 5.80. The summed E-state index contributed by atoms with van der Waals surface area (Å²) in [6, 6.07) is 3.84. The van der Waals surface area contributed by atoms with Crippen LogP contribution in [0.5, 0.6) is 0 Å². The van der Waals surface area contributed by atoms with E-state index in [4.69, 9.17) is 0 Å². The average molecular weight is 276 g/mol. The van der Waals surface area contributed by atoms with E-state index in [0.29, 0.717) is 11.6 Å². The molecule has 0 spiro atoms. The third kappa shape index (κ3) is 2.96. The van der Waals surface area contributed by atoms with Crippen molar-refractivity contribution in [2.45, 2.75) is 33.2 Å². The maximum Gasteiger partial charge on any atom is 0.228 e. The fraction of sp³-hybridized carbons (Fsp3) is 0.385. The highest BCUT2D eigenvalue weighted by molar-refractivity contribution is 7.18. The van der Waals surface area contributed by atoms with E-state index < -0.39 is 0 Å². The van der Waals surface area contributed by atoms with E-state index in [-0.39, 0.29) is 11.9 Å². The molecule has 1 amide bonds. The lowest BCUT2D eigenvalue weighted by atomic mass is 10.3. The van der Waals surface area contributed by atoms with Crippen LogP contribution in [0.3, 0.4) is 0 Å². The van der Waals surface area contributed by atoms with Crippen LogP contribution in [-0.4, -0.2) is 27.1 Å². The number of rotatable bonds is 4. The van der Waals surface area contributed by atoms with E-state index in [9.17, 15) is 4.79 Å². The molecule has 6 heteroatoms. The summed E-state index contributed by atoms with van der Waals surface area (Å²) in [5.74, 6) is 0.0624. The van der Waals surface area contributed by atoms with Gasteiger partial charge in [-0.2, -0.15) is 0 Å². The molecule has 0 aliphatic heterocycles. The molecule has 5 nitrogen and oxygen atoms in total. The lowest BCUT2D eigenvalue weighted by Crippen LogP contribution is -2.36. The molecule has 0 fully saturated rings. The molecule has 0 saturated carbocycles. The maximum absolute atomic E-state index is 12.0. The molecule has 0 aliphatic carbocycles. The van der Waals surface area contributed by atoms with Gasteiger partial charge in [-0.1, -0.05) is 18.3 Å². The molecule has 0 aromatic carbocycles. The van der Waals surface area contributed by atoms with Gasteiger partial charge in [0.2, 0.25) is 11.0 Å². The molecular formula is C13H16N4OS. The van der Waals surface area contributed by atoms with Crippen LogP contribution >= 0.6 is 11.3 Å². The van der Waals surface area contributed by atoms with Gasteiger partial charge in [-0.15, -0.1) is 10.2 Å². The average Bonchev–Trinajstić information content (AvgIpc) is 2.88. The van der Waals surface area contributed by atoms with Crippen molar-refractivity contribution >= 4 is 22.4 Å². The van der Waals surface area contributed by atoms with Gasteiger partial charge in [-0.3, -0.25) is 14.7 Å². The van der Waals surface area contributed by atoms with E-state index in [0.717, 1.165) is 10.6 Å². The molecule has 0 bridgehead atoms. The second kappa shape index (κ2) is 5.88. The SMILES string of the molecule is CCC(=O)N(c1nnc(-c2ccncc2)s1)C(C)C. The zero-order chi connectivity index (χ0) is 13.8. The smallest absolute Gasteiger partial charge is 0.228 e. The molecule has 0 N–H and O–H groups in total. The van der Waals surface area contributed by atoms with Crippen molar-refractivity contribution in [1.82, 2.24) is 15.2 Å². The number of aromatic nitrogens is 3. The summed E-state index contributed by atoms with van der Waals surface area (Å²) in [6.07, 6.45) is 3.89. The van der Waals surface area contributed by atoms with Gasteiger partial charge in [0.25, 0.3) is 0 Å². The Bertz CT molecular complexity index is 553. The van der Waals surface area contributed by atoms with Crippen LogP contribution in [0.4, 0.5) is 5.13 Å². The Balaban J connectivity index is 2.32. The quantitative estimate of drug-likeness (QED) is 0.861. The van der Waals surface area contributed by atoms with Crippen LogP contribution in [-0.2, 0) is 4.79 Å². The third-order valence-corrected chi connectivity index (χ3v) is 3.61. The fourth-order valence-electron chi connectivity index (χ4n) is 1.71. The molecule has 2 aromatic heterocycles. The lowest BCUT2D eigenvalue weighted by molar-refractivity contribution is -0.118. The number of pyridine rings is 1. The van der Waals surface area contributed by atoms with Crippen molar-refractivity contribution < 1.29 is 4.79 Å². The van der Waals surface area contributed by atoms with Crippen molar-refractivity contribution in [2.75, 3.05) is 4.90 Å². The molecule has 0 saturated heterocycles. The molecule has 19 heavy (non-hydrogen) atoms. The highest BCUT2D eigenvalue weighted by Crippen LogP contribution is 2.29. The topological polar surface area (TPSA) is 59.0 Å². The summed E-state index contributed by atoms with van der Waals surface area (Å²) in [4.78, 5) is 17.6. The summed E-state index contributed by atoms with van der Waals surface area (Å²) < 4.78 is 0. The first kappa shape index (κ1) is 13.6. The Hall–Kier alpha value is -1.82. The van der Waals surface area contributed by atoms with Crippen LogP contribution in [0.1, 0.15) is 27.2 Å². The van der Waals surface area contributed by atoms with Gasteiger partial charge in [-0.25, -0.2) is 0 Å². The van der Waals surface area contributed by atoms with E-state index in [2.05, 4.69) is 15.2 Å². The molecule has 0 atom stereocenters. The summed E-state index contributed by atoms with van der Waals surface area (Å²) in [5, 5.41) is 9.73. The zero-order valence-corrected chi connectivity index (χ0v) is 12.0. The standard InChI is InChI=1S/C13H16N4OS/c1-4-11(18)17(9(2)3)13-16-15-12(19-13)10-5-7-14-8-6-10/h5-9H,4H2,1-3H3. The lowest BCUT2D eigenvalue weighted by Gasteiger charge is -2.22. The summed E-state index contributed by atoms with van der Waals surface area (Å²) >= 11 is 1.42. The van der Waals surface area contributed by atoms with E-state index >= 15 is 0 Å². The van der Waals surface area contributed by atoms with Crippen molar-refractivity contribution in [3.8, 4) is 10.6 Å². The monoisotopic (exact) mass is 276 g/mol.